The van der Waals surface area contributed by atoms with E-state index in [1.807, 2.05) is 24.5 Å². The van der Waals surface area contributed by atoms with Crippen molar-refractivity contribution in [1.29, 1.82) is 0 Å². The molecule has 0 fully saturated rings. The van der Waals surface area contributed by atoms with E-state index in [-0.39, 0.29) is 5.41 Å². The van der Waals surface area contributed by atoms with Gasteiger partial charge in [0.15, 0.2) is 0 Å². The minimum atomic E-state index is -0.227. The molecule has 0 spiro atoms. The van der Waals surface area contributed by atoms with Gasteiger partial charge in [-0.2, -0.15) is 5.10 Å². The van der Waals surface area contributed by atoms with Crippen molar-refractivity contribution in [2.45, 2.75) is 26.2 Å². The second kappa shape index (κ2) is 9.02. The zero-order chi connectivity index (χ0) is 20.0. The lowest BCUT2D eigenvalue weighted by Gasteiger charge is -2.28. The summed E-state index contributed by atoms with van der Waals surface area (Å²) < 4.78 is 0. The number of nitrogens with zero attached hydrogens (tertiary/aromatic N) is 4. The first-order valence-electron chi connectivity index (χ1n) is 9.84. The van der Waals surface area contributed by atoms with Crippen molar-refractivity contribution in [3.63, 3.8) is 0 Å². The number of guanidine groups is 1. The SMILES string of the molecule is C[CH]N=C(NCN(C)CC)N1C[C@](C)(c2ccccc2)C(c2ccccc2)=N1. The van der Waals surface area contributed by atoms with Crippen molar-refractivity contribution in [2.75, 3.05) is 26.8 Å². The van der Waals surface area contributed by atoms with Gasteiger partial charge in [-0.3, -0.25) is 4.90 Å². The molecule has 1 atom stereocenters. The van der Waals surface area contributed by atoms with E-state index >= 15 is 0 Å². The Bertz CT molecular complexity index is 815. The summed E-state index contributed by atoms with van der Waals surface area (Å²) >= 11 is 0. The van der Waals surface area contributed by atoms with E-state index < -0.39 is 0 Å². The zero-order valence-electron chi connectivity index (χ0n) is 17.3. The molecule has 5 nitrogen and oxygen atoms in total. The molecule has 1 heterocycles. The Morgan fingerprint density at radius 2 is 1.82 bits per heavy atom. The summed E-state index contributed by atoms with van der Waals surface area (Å²) in [6.45, 7) is 10.6. The van der Waals surface area contributed by atoms with E-state index in [0.29, 0.717) is 0 Å². The van der Waals surface area contributed by atoms with E-state index in [1.54, 1.807) is 0 Å². The van der Waals surface area contributed by atoms with E-state index in [1.165, 1.54) is 5.56 Å². The second-order valence-electron chi connectivity index (χ2n) is 7.29. The number of nitrogens with one attached hydrogen (secondary N) is 1. The minimum absolute atomic E-state index is 0.227. The van der Waals surface area contributed by atoms with Gasteiger partial charge in [-0.25, -0.2) is 10.0 Å². The molecule has 0 saturated heterocycles. The van der Waals surface area contributed by atoms with Gasteiger partial charge in [-0.15, -0.1) is 0 Å². The lowest BCUT2D eigenvalue weighted by atomic mass is 9.76. The lowest BCUT2D eigenvalue weighted by Crippen LogP contribution is -2.45. The highest BCUT2D eigenvalue weighted by Gasteiger charge is 2.42. The molecule has 0 amide bonds. The second-order valence-corrected chi connectivity index (χ2v) is 7.29. The Balaban J connectivity index is 1.98. The fourth-order valence-electron chi connectivity index (χ4n) is 3.41. The molecule has 1 aliphatic rings. The Morgan fingerprint density at radius 3 is 2.43 bits per heavy atom. The molecular weight excluding hydrogens is 346 g/mol. The van der Waals surface area contributed by atoms with Crippen LogP contribution in [0.5, 0.6) is 0 Å². The predicted octanol–water partition coefficient (Wildman–Crippen LogP) is 3.70. The van der Waals surface area contributed by atoms with Gasteiger partial charge in [0.05, 0.1) is 30.9 Å². The van der Waals surface area contributed by atoms with E-state index in [4.69, 9.17) is 5.10 Å². The Labute approximate surface area is 168 Å². The molecule has 1 radical (unpaired) electrons. The van der Waals surface area contributed by atoms with Crippen molar-refractivity contribution in [3.05, 3.63) is 78.3 Å². The fourth-order valence-corrected chi connectivity index (χ4v) is 3.41. The summed E-state index contributed by atoms with van der Waals surface area (Å²) in [5.74, 6) is 0.774. The van der Waals surface area contributed by atoms with Crippen molar-refractivity contribution in [2.24, 2.45) is 10.1 Å². The normalized spacial score (nSPS) is 19.8. The molecule has 28 heavy (non-hydrogen) atoms. The Morgan fingerprint density at radius 1 is 1.18 bits per heavy atom. The smallest absolute Gasteiger partial charge is 0.216 e. The first-order valence-corrected chi connectivity index (χ1v) is 9.84. The van der Waals surface area contributed by atoms with Gasteiger partial charge in [0.2, 0.25) is 5.96 Å². The molecule has 0 saturated carbocycles. The van der Waals surface area contributed by atoms with Gasteiger partial charge in [-0.1, -0.05) is 67.6 Å². The lowest BCUT2D eigenvalue weighted by molar-refractivity contribution is 0.330. The average molecular weight is 377 g/mol. The predicted molar refractivity (Wildman–Crippen MR) is 117 cm³/mol. The average Bonchev–Trinajstić information content (AvgIpc) is 3.10. The number of benzene rings is 2. The maximum atomic E-state index is 5.03. The van der Waals surface area contributed by atoms with Crippen molar-refractivity contribution in [3.8, 4) is 0 Å². The minimum Gasteiger partial charge on any atom is -0.342 e. The van der Waals surface area contributed by atoms with Crippen LogP contribution in [0.25, 0.3) is 0 Å². The van der Waals surface area contributed by atoms with Crippen LogP contribution in [0, 0.1) is 6.54 Å². The largest absolute Gasteiger partial charge is 0.342 e. The molecule has 1 aliphatic heterocycles. The molecule has 1 N–H and O–H groups in total. The van der Waals surface area contributed by atoms with Crippen molar-refractivity contribution >= 4 is 11.7 Å². The van der Waals surface area contributed by atoms with Crippen LogP contribution in [0.4, 0.5) is 0 Å². The van der Waals surface area contributed by atoms with Crippen LogP contribution in [-0.4, -0.2) is 48.4 Å². The van der Waals surface area contributed by atoms with Crippen LogP contribution < -0.4 is 5.32 Å². The number of hydrogen-bond donors (Lipinski definition) is 1. The Hall–Kier alpha value is -2.66. The van der Waals surface area contributed by atoms with Gasteiger partial charge >= 0.3 is 0 Å². The van der Waals surface area contributed by atoms with Crippen LogP contribution in [0.15, 0.2) is 70.8 Å². The van der Waals surface area contributed by atoms with E-state index in [9.17, 15) is 0 Å². The summed E-state index contributed by atoms with van der Waals surface area (Å²) in [4.78, 5) is 6.77. The van der Waals surface area contributed by atoms with E-state index in [2.05, 4.69) is 90.7 Å². The van der Waals surface area contributed by atoms with Crippen molar-refractivity contribution < 1.29 is 0 Å². The molecule has 2 aromatic rings. The zero-order valence-corrected chi connectivity index (χ0v) is 17.3. The van der Waals surface area contributed by atoms with E-state index in [0.717, 1.165) is 37.0 Å². The maximum Gasteiger partial charge on any atom is 0.216 e. The highest BCUT2D eigenvalue weighted by molar-refractivity contribution is 6.10. The molecule has 5 heteroatoms. The highest BCUT2D eigenvalue weighted by Crippen LogP contribution is 2.35. The molecule has 0 aromatic heterocycles. The van der Waals surface area contributed by atoms with Crippen LogP contribution >= 0.6 is 0 Å². The van der Waals surface area contributed by atoms with Crippen LogP contribution in [0.1, 0.15) is 31.9 Å². The molecule has 147 valence electrons. The summed E-state index contributed by atoms with van der Waals surface area (Å²) in [6, 6.07) is 21.0. The first-order chi connectivity index (χ1) is 13.6. The molecule has 0 unspecified atom stereocenters. The van der Waals surface area contributed by atoms with Gasteiger partial charge in [0.1, 0.15) is 0 Å². The summed E-state index contributed by atoms with van der Waals surface area (Å²) in [5.41, 5.74) is 3.23. The highest BCUT2D eigenvalue weighted by atomic mass is 15.6. The topological polar surface area (TPSA) is 43.2 Å². The standard InChI is InChI=1S/C23H30N5/c1-5-24-22(25-18-27(4)6-2)28-17-23(3,20-15-11-8-12-16-20)21(26-28)19-13-9-7-10-14-19/h5,7-16H,6,17-18H2,1-4H3,(H,24,25)/t23-/m1/s1. The third-order valence-electron chi connectivity index (χ3n) is 5.21. The molecular formula is C23H30N5. The molecule has 3 rings (SSSR count). The number of rotatable bonds is 6. The van der Waals surface area contributed by atoms with Gasteiger partial charge in [-0.05, 0) is 38.6 Å². The van der Waals surface area contributed by atoms with Gasteiger partial charge in [0, 0.05) is 0 Å². The molecule has 0 bridgehead atoms. The Kier molecular flexibility index (Phi) is 6.47. The monoisotopic (exact) mass is 376 g/mol. The quantitative estimate of drug-likeness (QED) is 0.475. The van der Waals surface area contributed by atoms with Gasteiger partial charge in [0.25, 0.3) is 0 Å². The maximum absolute atomic E-state index is 5.03. The summed E-state index contributed by atoms with van der Waals surface area (Å²) in [5, 5.41) is 10.5. The third-order valence-corrected chi connectivity index (χ3v) is 5.21. The summed E-state index contributed by atoms with van der Waals surface area (Å²) in [7, 11) is 2.08. The number of hydrogen-bond acceptors (Lipinski definition) is 3. The third kappa shape index (κ3) is 4.25. The number of hydrazone groups is 1. The van der Waals surface area contributed by atoms with Gasteiger partial charge < -0.3 is 5.32 Å². The van der Waals surface area contributed by atoms with Crippen LogP contribution in [0.2, 0.25) is 0 Å². The first kappa shape index (κ1) is 20.1. The van der Waals surface area contributed by atoms with Crippen molar-refractivity contribution in [1.82, 2.24) is 15.2 Å². The van der Waals surface area contributed by atoms with Crippen LogP contribution in [0.3, 0.4) is 0 Å². The molecule has 0 aliphatic carbocycles. The molecule has 2 aromatic carbocycles. The fraction of sp³-hybridized carbons (Fsp3) is 0.348. The number of aliphatic imine (C=N–C) groups is 1. The van der Waals surface area contributed by atoms with Crippen LogP contribution in [-0.2, 0) is 5.41 Å². The summed E-state index contributed by atoms with van der Waals surface area (Å²) in [6.07, 6.45) is 0.